The van der Waals surface area contributed by atoms with Crippen LogP contribution in [-0.2, 0) is 0 Å². The molecule has 0 heterocycles. The van der Waals surface area contributed by atoms with Gasteiger partial charge in [0.25, 0.3) is 17.7 Å². The van der Waals surface area contributed by atoms with Crippen LogP contribution in [0.4, 0.5) is 87.8 Å². The molecule has 0 aliphatic rings. The van der Waals surface area contributed by atoms with Crippen molar-refractivity contribution in [3.05, 3.63) is 24.6 Å². The normalized spacial score (nSPS) is 14.7. The molecule has 0 radical (unpaired) electrons. The van der Waals surface area contributed by atoms with Gasteiger partial charge in [0.1, 0.15) is 5.92 Å². The first kappa shape index (κ1) is 47.3. The number of rotatable bonds is 3. The SMILES string of the molecule is C.C=C(F)F.CC(C(F)=C(F)F)C(F)(F)F.CC(F)(C(F)(F)F)C(F)(F)CI.FC(F)(F)C(I)C(F)(F)F.[2HH]. The van der Waals surface area contributed by atoms with Crippen molar-refractivity contribution in [1.29, 1.82) is 0 Å². The molecule has 2 unspecified atom stereocenters. The molecular weight excluding hydrogens is 826 g/mol. The van der Waals surface area contributed by atoms with Crippen LogP contribution >= 0.6 is 45.2 Å². The average Bonchev–Trinajstić information content (AvgIpc) is 2.63. The van der Waals surface area contributed by atoms with Crippen molar-refractivity contribution in [3.63, 3.8) is 0 Å². The zero-order valence-electron chi connectivity index (χ0n) is 17.4. The van der Waals surface area contributed by atoms with Gasteiger partial charge in [-0.3, -0.25) is 0 Å². The van der Waals surface area contributed by atoms with Gasteiger partial charge in [0, 0.05) is 1.43 Å². The summed E-state index contributed by atoms with van der Waals surface area (Å²) in [7, 11) is 0. The number of alkyl halides is 17. The third-order valence-corrected chi connectivity index (χ3v) is 5.38. The molecule has 0 aromatic rings. The van der Waals surface area contributed by atoms with Crippen LogP contribution in [0, 0.1) is 5.92 Å². The Hall–Kier alpha value is -0.460. The predicted molar refractivity (Wildman–Crippen MR) is 115 cm³/mol. The lowest BCUT2D eigenvalue weighted by Crippen LogP contribution is -2.53. The van der Waals surface area contributed by atoms with Gasteiger partial charge in [-0.05, 0) is 20.4 Å². The first-order valence-corrected chi connectivity index (χ1v) is 10.7. The molecule has 0 rings (SSSR count). The van der Waals surface area contributed by atoms with E-state index in [9.17, 15) is 87.8 Å². The molecule has 22 heteroatoms. The van der Waals surface area contributed by atoms with Crippen LogP contribution in [0.1, 0.15) is 22.7 Å². The summed E-state index contributed by atoms with van der Waals surface area (Å²) in [6.45, 7) is 2.39. The molecule has 0 aromatic carbocycles. The third kappa shape index (κ3) is 19.6. The molecule has 2 atom stereocenters. The van der Waals surface area contributed by atoms with E-state index < -0.39 is 68.6 Å². The van der Waals surface area contributed by atoms with E-state index in [0.29, 0.717) is 29.5 Å². The fraction of sp³-hybridized carbons (Fsp3) is 0.750. The van der Waals surface area contributed by atoms with Gasteiger partial charge in [0.15, 0.2) is 5.83 Å². The van der Waals surface area contributed by atoms with Crippen molar-refractivity contribution in [2.75, 3.05) is 4.43 Å². The monoisotopic (exact) mass is 845 g/mol. The Labute approximate surface area is 230 Å². The molecule has 0 spiro atoms. The van der Waals surface area contributed by atoms with Crippen LogP contribution in [0.15, 0.2) is 24.6 Å². The summed E-state index contributed by atoms with van der Waals surface area (Å²) in [5.74, 6) is -9.53. The van der Waals surface area contributed by atoms with E-state index in [4.69, 9.17) is 0 Å². The molecule has 0 amide bonds. The molecule has 0 aliphatic heterocycles. The molecule has 0 saturated carbocycles. The summed E-state index contributed by atoms with van der Waals surface area (Å²) in [6.07, 6.45) is -25.6. The number of hydrogen-bond acceptors (Lipinski definition) is 0. The molecule has 0 fully saturated rings. The summed E-state index contributed by atoms with van der Waals surface area (Å²) in [5.41, 5.74) is -4.46. The van der Waals surface area contributed by atoms with Gasteiger partial charge in [0.05, 0.1) is 4.43 Å². The second kappa shape index (κ2) is 17.4. The fourth-order valence-corrected chi connectivity index (χ4v) is 1.54. The zero-order chi connectivity index (χ0) is 31.6. The van der Waals surface area contributed by atoms with E-state index in [1.54, 1.807) is 0 Å². The molecular formula is C16H18F20I2. The van der Waals surface area contributed by atoms with E-state index in [2.05, 4.69) is 6.58 Å². The minimum absolute atomic E-state index is 0. The summed E-state index contributed by atoms with van der Waals surface area (Å²) in [4.78, 5) is 0. The molecule has 0 aromatic heterocycles. The summed E-state index contributed by atoms with van der Waals surface area (Å²) < 4.78 is 224. The maximum atomic E-state index is 12.5. The fourth-order valence-electron chi connectivity index (χ4n) is 0.826. The minimum Gasteiger partial charge on any atom is -0.227 e. The molecule has 0 aliphatic carbocycles. The van der Waals surface area contributed by atoms with E-state index in [-0.39, 0.29) is 15.8 Å². The lowest BCUT2D eigenvalue weighted by atomic mass is 10.0. The van der Waals surface area contributed by atoms with Crippen LogP contribution in [0.2, 0.25) is 0 Å². The third-order valence-electron chi connectivity index (χ3n) is 3.01. The largest absolute Gasteiger partial charge is 0.428 e. The highest BCUT2D eigenvalue weighted by Gasteiger charge is 2.67. The molecule has 236 valence electrons. The Balaban J connectivity index is -0.0000000958. The van der Waals surface area contributed by atoms with Crippen LogP contribution in [0.5, 0.6) is 0 Å². The summed E-state index contributed by atoms with van der Waals surface area (Å²) in [5, 5.41) is 0. The predicted octanol–water partition coefficient (Wildman–Crippen LogP) is 11.8. The Morgan fingerprint density at radius 3 is 1.03 bits per heavy atom. The Bertz CT molecular complexity index is 682. The maximum absolute atomic E-state index is 12.5. The Morgan fingerprint density at radius 2 is 0.974 bits per heavy atom. The molecule has 0 N–H and O–H groups in total. The topological polar surface area (TPSA) is 0 Å². The van der Waals surface area contributed by atoms with Crippen molar-refractivity contribution < 1.29 is 89.2 Å². The lowest BCUT2D eigenvalue weighted by Gasteiger charge is -2.30. The molecule has 0 nitrogen and oxygen atoms in total. The highest BCUT2D eigenvalue weighted by Crippen LogP contribution is 2.45. The van der Waals surface area contributed by atoms with E-state index in [0.717, 1.165) is 22.6 Å². The van der Waals surface area contributed by atoms with E-state index in [1.165, 1.54) is 0 Å². The smallest absolute Gasteiger partial charge is 0.227 e. The van der Waals surface area contributed by atoms with Crippen LogP contribution in [-0.4, -0.2) is 44.6 Å². The quantitative estimate of drug-likeness (QED) is 0.151. The number of hydrogen-bond donors (Lipinski definition) is 0. The van der Waals surface area contributed by atoms with E-state index in [1.807, 2.05) is 0 Å². The standard InChI is InChI=1S/C5H5F6I.C5H4F6.C3HF6I.C2H2F2.CH4.H2/c1-3(6,5(9,10)11)4(7,8)2-12;1-2(5(9,10)11)3(6)4(7)8;4-2(5,6)1(10)3(7,8)9;1-2(3)4;;/h2H2,1H3;2H,1H3;1H;1H2;1H4;1H/i;;;;;1+1. The van der Waals surface area contributed by atoms with Crippen molar-refractivity contribution in [3.8, 4) is 0 Å². The van der Waals surface area contributed by atoms with Gasteiger partial charge in [-0.15, -0.1) is 0 Å². The average molecular weight is 845 g/mol. The highest BCUT2D eigenvalue weighted by molar-refractivity contribution is 14.1. The van der Waals surface area contributed by atoms with Crippen LogP contribution in [0.25, 0.3) is 0 Å². The van der Waals surface area contributed by atoms with Gasteiger partial charge in [-0.2, -0.15) is 70.2 Å². The highest BCUT2D eigenvalue weighted by atomic mass is 127. The first-order chi connectivity index (χ1) is 15.7. The van der Waals surface area contributed by atoms with Crippen molar-refractivity contribution in [2.45, 2.75) is 61.5 Å². The first-order valence-electron chi connectivity index (χ1n) is 7.95. The number of halogens is 22. The summed E-state index contributed by atoms with van der Waals surface area (Å²) >= 11 is 1.31. The van der Waals surface area contributed by atoms with Gasteiger partial charge in [-0.1, -0.05) is 52.6 Å². The van der Waals surface area contributed by atoms with Crippen molar-refractivity contribution in [2.24, 2.45) is 5.92 Å². The number of allylic oxidation sites excluding steroid dienone is 1. The van der Waals surface area contributed by atoms with Crippen LogP contribution in [0.3, 0.4) is 0 Å². The molecule has 0 saturated heterocycles. The van der Waals surface area contributed by atoms with E-state index >= 15 is 0 Å². The van der Waals surface area contributed by atoms with Gasteiger partial charge in [0.2, 0.25) is 3.92 Å². The van der Waals surface area contributed by atoms with Gasteiger partial charge >= 0.3 is 30.8 Å². The van der Waals surface area contributed by atoms with Crippen molar-refractivity contribution in [1.82, 2.24) is 0 Å². The molecule has 38 heavy (non-hydrogen) atoms. The maximum Gasteiger partial charge on any atom is 0.428 e. The minimum atomic E-state index is -5.54. The summed E-state index contributed by atoms with van der Waals surface area (Å²) in [6, 6.07) is 0. The van der Waals surface area contributed by atoms with Crippen LogP contribution < -0.4 is 0 Å². The second-order valence-electron chi connectivity index (χ2n) is 5.99. The Morgan fingerprint density at radius 1 is 0.711 bits per heavy atom. The zero-order valence-corrected chi connectivity index (χ0v) is 21.7. The lowest BCUT2D eigenvalue weighted by molar-refractivity contribution is -0.287. The molecule has 0 bridgehead atoms. The Kier molecular flexibility index (Phi) is 21.6. The van der Waals surface area contributed by atoms with Gasteiger partial charge in [-0.25, -0.2) is 17.6 Å². The van der Waals surface area contributed by atoms with Gasteiger partial charge < -0.3 is 0 Å². The second-order valence-corrected chi connectivity index (χ2v) is 8.00. The van der Waals surface area contributed by atoms with Crippen molar-refractivity contribution >= 4 is 45.2 Å².